The van der Waals surface area contributed by atoms with Gasteiger partial charge in [0.15, 0.2) is 0 Å². The fourth-order valence-electron chi connectivity index (χ4n) is 1.78. The summed E-state index contributed by atoms with van der Waals surface area (Å²) in [4.78, 5) is 10.0. The topological polar surface area (TPSA) is 76.2 Å². The number of hydrogen-bond acceptors (Lipinski definition) is 4. The fraction of sp³-hybridized carbons (Fsp3) is 0.133. The zero-order valence-electron chi connectivity index (χ0n) is 11.0. The highest BCUT2D eigenvalue weighted by molar-refractivity contribution is 5.35. The van der Waals surface area contributed by atoms with Gasteiger partial charge in [-0.05, 0) is 29.3 Å². The average Bonchev–Trinajstić information content (AvgIpc) is 2.46. The minimum absolute atomic E-state index is 0.0240. The highest BCUT2D eigenvalue weighted by Crippen LogP contribution is 2.19. The van der Waals surface area contributed by atoms with E-state index in [1.807, 2.05) is 6.07 Å². The number of rotatable bonds is 5. The van der Waals surface area contributed by atoms with Crippen molar-refractivity contribution in [2.24, 2.45) is 0 Å². The molecule has 106 valence electrons. The monoisotopic (exact) mass is 286 g/mol. The first-order valence-electron chi connectivity index (χ1n) is 6.11. The number of non-ortho nitro benzene ring substituents is 1. The molecule has 0 aromatic heterocycles. The van der Waals surface area contributed by atoms with Gasteiger partial charge in [-0.2, -0.15) is 5.26 Å². The largest absolute Gasteiger partial charge is 0.489 e. The summed E-state index contributed by atoms with van der Waals surface area (Å²) in [5.74, 6) is -0.129. The van der Waals surface area contributed by atoms with E-state index in [2.05, 4.69) is 0 Å². The third-order valence-corrected chi connectivity index (χ3v) is 2.77. The molecule has 0 aliphatic rings. The molecule has 0 bridgehead atoms. The number of halogens is 1. The standard InChI is InChI=1S/C15H11FN2O3/c16-13-7-12(8-14(9-13)18(19)20)10-21-15-3-1-11(2-4-15)5-6-17/h1-4,7-9H,5,10H2. The molecule has 2 rings (SSSR count). The number of ether oxygens (including phenoxy) is 1. The lowest BCUT2D eigenvalue weighted by atomic mass is 10.1. The SMILES string of the molecule is N#CCc1ccc(OCc2cc(F)cc([N+](=O)[O-])c2)cc1. The molecule has 6 heteroatoms. The second-order valence-corrected chi connectivity index (χ2v) is 4.34. The van der Waals surface area contributed by atoms with Gasteiger partial charge in [0.1, 0.15) is 18.2 Å². The lowest BCUT2D eigenvalue weighted by molar-refractivity contribution is -0.385. The van der Waals surface area contributed by atoms with E-state index in [4.69, 9.17) is 10.00 Å². The summed E-state index contributed by atoms with van der Waals surface area (Å²) in [6, 6.07) is 12.3. The number of nitro groups is 1. The summed E-state index contributed by atoms with van der Waals surface area (Å²) >= 11 is 0. The van der Waals surface area contributed by atoms with Crippen LogP contribution in [-0.2, 0) is 13.0 Å². The van der Waals surface area contributed by atoms with Gasteiger partial charge in [0, 0.05) is 6.07 Å². The molecule has 0 aliphatic heterocycles. The summed E-state index contributed by atoms with van der Waals surface area (Å²) in [5, 5.41) is 19.2. The van der Waals surface area contributed by atoms with E-state index in [1.165, 1.54) is 12.1 Å². The Labute approximate surface area is 120 Å². The molecule has 5 nitrogen and oxygen atoms in total. The van der Waals surface area contributed by atoms with Crippen molar-refractivity contribution in [2.75, 3.05) is 0 Å². The second kappa shape index (κ2) is 6.48. The Morgan fingerprint density at radius 3 is 2.52 bits per heavy atom. The van der Waals surface area contributed by atoms with Crippen LogP contribution >= 0.6 is 0 Å². The maximum Gasteiger partial charge on any atom is 0.272 e. The van der Waals surface area contributed by atoms with Crippen molar-refractivity contribution in [2.45, 2.75) is 13.0 Å². The Morgan fingerprint density at radius 1 is 1.19 bits per heavy atom. The molecule has 0 radical (unpaired) electrons. The number of hydrogen-bond donors (Lipinski definition) is 0. The van der Waals surface area contributed by atoms with Crippen LogP contribution in [0.1, 0.15) is 11.1 Å². The Balaban J connectivity index is 2.06. The van der Waals surface area contributed by atoms with Gasteiger partial charge < -0.3 is 4.74 Å². The fourth-order valence-corrected chi connectivity index (χ4v) is 1.78. The summed E-state index contributed by atoms with van der Waals surface area (Å²) in [5.41, 5.74) is 0.937. The molecule has 0 N–H and O–H groups in total. The van der Waals surface area contributed by atoms with Gasteiger partial charge >= 0.3 is 0 Å². The molecule has 0 amide bonds. The van der Waals surface area contributed by atoms with E-state index in [9.17, 15) is 14.5 Å². The molecule has 0 saturated carbocycles. The minimum atomic E-state index is -0.674. The van der Waals surface area contributed by atoms with E-state index < -0.39 is 10.7 Å². The van der Waals surface area contributed by atoms with Crippen molar-refractivity contribution >= 4 is 5.69 Å². The molecule has 0 fully saturated rings. The van der Waals surface area contributed by atoms with Crippen molar-refractivity contribution in [1.29, 1.82) is 5.26 Å². The molecule has 0 atom stereocenters. The molecule has 0 unspecified atom stereocenters. The Morgan fingerprint density at radius 2 is 1.90 bits per heavy atom. The van der Waals surface area contributed by atoms with E-state index in [0.717, 1.165) is 11.6 Å². The van der Waals surface area contributed by atoms with Gasteiger partial charge in [-0.15, -0.1) is 0 Å². The average molecular weight is 286 g/mol. The van der Waals surface area contributed by atoms with Crippen molar-refractivity contribution in [3.05, 3.63) is 69.5 Å². The van der Waals surface area contributed by atoms with Crippen LogP contribution in [0, 0.1) is 27.3 Å². The molecule has 0 heterocycles. The van der Waals surface area contributed by atoms with Gasteiger partial charge in [0.05, 0.1) is 23.5 Å². The lowest BCUT2D eigenvalue weighted by Gasteiger charge is -2.07. The maximum atomic E-state index is 13.3. The van der Waals surface area contributed by atoms with E-state index in [1.54, 1.807) is 24.3 Å². The number of benzene rings is 2. The predicted octanol–water partition coefficient (Wildman–Crippen LogP) is 3.38. The van der Waals surface area contributed by atoms with E-state index in [0.29, 0.717) is 17.7 Å². The first kappa shape index (κ1) is 14.5. The third kappa shape index (κ3) is 4.01. The lowest BCUT2D eigenvalue weighted by Crippen LogP contribution is -1.98. The van der Waals surface area contributed by atoms with Gasteiger partial charge in [0.2, 0.25) is 0 Å². The summed E-state index contributed by atoms with van der Waals surface area (Å²) < 4.78 is 18.7. The van der Waals surface area contributed by atoms with Crippen LogP contribution in [0.5, 0.6) is 5.75 Å². The number of nitriles is 1. The number of nitro benzene ring substituents is 1. The first-order valence-corrected chi connectivity index (χ1v) is 6.11. The predicted molar refractivity (Wildman–Crippen MR) is 73.1 cm³/mol. The van der Waals surface area contributed by atoms with Crippen molar-refractivity contribution < 1.29 is 14.1 Å². The first-order chi connectivity index (χ1) is 10.1. The molecule has 0 aliphatic carbocycles. The van der Waals surface area contributed by atoms with Crippen LogP contribution in [0.25, 0.3) is 0 Å². The normalized spacial score (nSPS) is 9.90. The van der Waals surface area contributed by atoms with E-state index in [-0.39, 0.29) is 12.3 Å². The highest BCUT2D eigenvalue weighted by atomic mass is 19.1. The Bertz CT molecular complexity index is 693. The Kier molecular flexibility index (Phi) is 4.46. The van der Waals surface area contributed by atoms with Crippen LogP contribution in [-0.4, -0.2) is 4.92 Å². The van der Waals surface area contributed by atoms with Gasteiger partial charge in [0.25, 0.3) is 5.69 Å². The van der Waals surface area contributed by atoms with Gasteiger partial charge in [-0.3, -0.25) is 10.1 Å². The summed E-state index contributed by atoms with van der Waals surface area (Å²) in [6.07, 6.45) is 0.316. The van der Waals surface area contributed by atoms with Crippen LogP contribution in [0.15, 0.2) is 42.5 Å². The number of nitrogens with zero attached hydrogens (tertiary/aromatic N) is 2. The van der Waals surface area contributed by atoms with Crippen LogP contribution < -0.4 is 4.74 Å². The minimum Gasteiger partial charge on any atom is -0.489 e. The molecular formula is C15H11FN2O3. The van der Waals surface area contributed by atoms with Gasteiger partial charge in [-0.1, -0.05) is 12.1 Å². The van der Waals surface area contributed by atoms with Crippen molar-refractivity contribution in [3.63, 3.8) is 0 Å². The highest BCUT2D eigenvalue weighted by Gasteiger charge is 2.10. The molecular weight excluding hydrogens is 275 g/mol. The summed E-state index contributed by atoms with van der Waals surface area (Å²) in [6.45, 7) is 0.0240. The molecule has 0 spiro atoms. The third-order valence-electron chi connectivity index (χ3n) is 2.77. The smallest absolute Gasteiger partial charge is 0.272 e. The van der Waals surface area contributed by atoms with Crippen LogP contribution in [0.4, 0.5) is 10.1 Å². The molecule has 21 heavy (non-hydrogen) atoms. The zero-order chi connectivity index (χ0) is 15.2. The summed E-state index contributed by atoms with van der Waals surface area (Å²) in [7, 11) is 0. The maximum absolute atomic E-state index is 13.3. The molecule has 0 saturated heterocycles. The van der Waals surface area contributed by atoms with Crippen molar-refractivity contribution in [1.82, 2.24) is 0 Å². The quantitative estimate of drug-likeness (QED) is 0.623. The van der Waals surface area contributed by atoms with Crippen LogP contribution in [0.3, 0.4) is 0 Å². The molecule has 2 aromatic carbocycles. The van der Waals surface area contributed by atoms with Crippen LogP contribution in [0.2, 0.25) is 0 Å². The van der Waals surface area contributed by atoms with E-state index >= 15 is 0 Å². The van der Waals surface area contributed by atoms with Gasteiger partial charge in [-0.25, -0.2) is 4.39 Å². The Hall–Kier alpha value is -2.94. The molecule has 2 aromatic rings. The van der Waals surface area contributed by atoms with Crippen molar-refractivity contribution in [3.8, 4) is 11.8 Å². The zero-order valence-corrected chi connectivity index (χ0v) is 11.0. The second-order valence-electron chi connectivity index (χ2n) is 4.34.